The fourth-order valence-corrected chi connectivity index (χ4v) is 2.77. The van der Waals surface area contributed by atoms with Crippen molar-refractivity contribution in [3.8, 4) is 5.75 Å². The van der Waals surface area contributed by atoms with Crippen LogP contribution in [-0.4, -0.2) is 9.04 Å². The summed E-state index contributed by atoms with van der Waals surface area (Å²) in [6, 6.07) is 2.82. The molecule has 4 heteroatoms. The molecule has 1 radical (unpaired) electrons. The quantitative estimate of drug-likeness (QED) is 0.432. The zero-order valence-electron chi connectivity index (χ0n) is 12.8. The van der Waals surface area contributed by atoms with E-state index in [4.69, 9.17) is 4.43 Å². The van der Waals surface area contributed by atoms with Gasteiger partial charge < -0.3 is 4.43 Å². The summed E-state index contributed by atoms with van der Waals surface area (Å²) < 4.78 is 32.8. The van der Waals surface area contributed by atoms with Gasteiger partial charge >= 0.3 is 0 Å². The fourth-order valence-electron chi connectivity index (χ4n) is 2.17. The molecule has 1 aromatic carbocycles. The third-order valence-corrected chi connectivity index (χ3v) is 3.80. The Morgan fingerprint density at radius 2 is 1.50 bits per heavy atom. The maximum absolute atomic E-state index is 13.8. The summed E-state index contributed by atoms with van der Waals surface area (Å²) in [5, 5.41) is 0. The molecule has 0 unspecified atom stereocenters. The number of hydrogen-bond donors (Lipinski definition) is 0. The minimum Gasteiger partial charge on any atom is -0.539 e. The number of halogens is 2. The molecular weight excluding hydrogens is 274 g/mol. The van der Waals surface area contributed by atoms with E-state index in [0.29, 0.717) is 0 Å². The molecule has 0 aliphatic carbocycles. The van der Waals surface area contributed by atoms with E-state index in [1.54, 1.807) is 0 Å². The molecule has 0 aromatic heterocycles. The van der Waals surface area contributed by atoms with E-state index in [0.717, 1.165) is 24.8 Å². The molecule has 0 amide bonds. The summed E-state index contributed by atoms with van der Waals surface area (Å²) in [6.45, 7) is 5.90. The molecule has 0 atom stereocenters. The highest BCUT2D eigenvalue weighted by Crippen LogP contribution is 2.25. The highest BCUT2D eigenvalue weighted by atomic mass is 28.3. The second-order valence-electron chi connectivity index (χ2n) is 5.42. The molecule has 0 spiro atoms. The topological polar surface area (TPSA) is 9.23 Å². The Morgan fingerprint density at radius 3 is 2.05 bits per heavy atom. The average Bonchev–Trinajstić information content (AvgIpc) is 2.38. The predicted molar refractivity (Wildman–Crippen MR) is 81.5 cm³/mol. The van der Waals surface area contributed by atoms with E-state index in [-0.39, 0.29) is 5.75 Å². The maximum Gasteiger partial charge on any atom is 0.274 e. The Labute approximate surface area is 123 Å². The van der Waals surface area contributed by atoms with Gasteiger partial charge in [0.1, 0.15) is 0 Å². The van der Waals surface area contributed by atoms with Crippen molar-refractivity contribution in [1.82, 2.24) is 0 Å². The Morgan fingerprint density at radius 1 is 0.950 bits per heavy atom. The molecule has 1 nitrogen and oxygen atoms in total. The smallest absolute Gasteiger partial charge is 0.274 e. The van der Waals surface area contributed by atoms with Gasteiger partial charge in [-0.05, 0) is 43.6 Å². The van der Waals surface area contributed by atoms with E-state index in [1.165, 1.54) is 37.8 Å². The van der Waals surface area contributed by atoms with Crippen molar-refractivity contribution in [3.05, 3.63) is 29.3 Å². The van der Waals surface area contributed by atoms with Crippen molar-refractivity contribution in [1.29, 1.82) is 0 Å². The first-order valence-electron chi connectivity index (χ1n) is 7.50. The van der Waals surface area contributed by atoms with Crippen LogP contribution in [0.1, 0.15) is 51.0 Å². The summed E-state index contributed by atoms with van der Waals surface area (Å²) in [5.41, 5.74) is 0.726. The molecule has 0 saturated heterocycles. The van der Waals surface area contributed by atoms with Crippen LogP contribution in [0, 0.1) is 11.6 Å². The van der Waals surface area contributed by atoms with E-state index >= 15 is 0 Å². The van der Waals surface area contributed by atoms with Gasteiger partial charge in [-0.3, -0.25) is 0 Å². The molecule has 0 heterocycles. The minimum atomic E-state index is -1.15. The summed E-state index contributed by atoms with van der Waals surface area (Å²) in [5.74, 6) is -1.36. The maximum atomic E-state index is 13.8. The molecule has 0 saturated carbocycles. The van der Waals surface area contributed by atoms with Crippen LogP contribution in [0.15, 0.2) is 12.1 Å². The molecule has 0 aliphatic rings. The van der Waals surface area contributed by atoms with Gasteiger partial charge in [-0.1, -0.05) is 39.0 Å². The molecule has 0 bridgehead atoms. The highest BCUT2D eigenvalue weighted by molar-refractivity contribution is 6.49. The number of hydrogen-bond acceptors (Lipinski definition) is 1. The van der Waals surface area contributed by atoms with Gasteiger partial charge in [0, 0.05) is 0 Å². The van der Waals surface area contributed by atoms with Crippen LogP contribution < -0.4 is 4.43 Å². The lowest BCUT2D eigenvalue weighted by molar-refractivity contribution is 0.459. The fraction of sp³-hybridized carbons (Fsp3) is 0.625. The summed E-state index contributed by atoms with van der Waals surface area (Å²) >= 11 is 0. The second kappa shape index (κ2) is 9.11. The Kier molecular flexibility index (Phi) is 7.81. The Bertz CT molecular complexity index is 384. The zero-order valence-corrected chi connectivity index (χ0v) is 13.8. The van der Waals surface area contributed by atoms with Crippen molar-refractivity contribution < 1.29 is 13.2 Å². The molecule has 1 rings (SSSR count). The van der Waals surface area contributed by atoms with Crippen LogP contribution >= 0.6 is 0 Å². The second-order valence-corrected chi connectivity index (χ2v) is 7.44. The van der Waals surface area contributed by atoms with Crippen LogP contribution in [0.5, 0.6) is 5.75 Å². The standard InChI is InChI=1S/C16H25F2OSi/c1-4-5-6-7-8-9-10-13-11-14(17)16(15(18)12-13)19-20(2)3/h11-12H,4-10H2,1-3H3. The minimum absolute atomic E-state index is 0.212. The summed E-state index contributed by atoms with van der Waals surface area (Å²) in [7, 11) is -1.15. The highest BCUT2D eigenvalue weighted by Gasteiger charge is 2.14. The van der Waals surface area contributed by atoms with Crippen LogP contribution in [0.2, 0.25) is 13.1 Å². The molecule has 20 heavy (non-hydrogen) atoms. The van der Waals surface area contributed by atoms with Crippen molar-refractivity contribution in [3.63, 3.8) is 0 Å². The van der Waals surface area contributed by atoms with E-state index in [2.05, 4.69) is 6.92 Å². The van der Waals surface area contributed by atoms with Crippen molar-refractivity contribution in [2.24, 2.45) is 0 Å². The third-order valence-electron chi connectivity index (χ3n) is 3.18. The van der Waals surface area contributed by atoms with E-state index in [9.17, 15) is 8.78 Å². The SMILES string of the molecule is CCCCCCCCc1cc(F)c(O[Si](C)C)c(F)c1. The van der Waals surface area contributed by atoms with Gasteiger partial charge in [0.15, 0.2) is 17.4 Å². The first-order valence-corrected chi connectivity index (χ1v) is 9.91. The normalized spacial score (nSPS) is 11.1. The first kappa shape index (κ1) is 17.1. The molecule has 1 aromatic rings. The molecular formula is C16H25F2OSi. The number of rotatable bonds is 9. The first-order chi connectivity index (χ1) is 9.54. The lowest BCUT2D eigenvalue weighted by atomic mass is 10.0. The lowest BCUT2D eigenvalue weighted by Gasteiger charge is -2.12. The predicted octanol–water partition coefficient (Wildman–Crippen LogP) is 5.50. The van der Waals surface area contributed by atoms with Crippen LogP contribution in [0.3, 0.4) is 0 Å². The van der Waals surface area contributed by atoms with Crippen LogP contribution in [0.25, 0.3) is 0 Å². The van der Waals surface area contributed by atoms with Gasteiger partial charge in [0.05, 0.1) is 0 Å². The van der Waals surface area contributed by atoms with Crippen molar-refractivity contribution in [2.75, 3.05) is 0 Å². The largest absolute Gasteiger partial charge is 0.539 e. The van der Waals surface area contributed by atoms with Crippen molar-refractivity contribution >= 4 is 9.04 Å². The van der Waals surface area contributed by atoms with Crippen LogP contribution in [0.4, 0.5) is 8.78 Å². The number of unbranched alkanes of at least 4 members (excludes halogenated alkanes) is 5. The zero-order chi connectivity index (χ0) is 15.0. The number of aryl methyl sites for hydroxylation is 1. The third kappa shape index (κ3) is 6.03. The Balaban J connectivity index is 2.47. The van der Waals surface area contributed by atoms with Gasteiger partial charge in [0.25, 0.3) is 9.04 Å². The summed E-state index contributed by atoms with van der Waals surface area (Å²) in [4.78, 5) is 0. The van der Waals surface area contributed by atoms with Gasteiger partial charge in [-0.15, -0.1) is 0 Å². The molecule has 113 valence electrons. The van der Waals surface area contributed by atoms with Crippen molar-refractivity contribution in [2.45, 2.75) is 65.0 Å². The number of benzene rings is 1. The molecule has 0 aliphatic heterocycles. The molecule has 0 N–H and O–H groups in total. The summed E-state index contributed by atoms with van der Waals surface area (Å²) in [6.07, 6.45) is 7.80. The monoisotopic (exact) mass is 299 g/mol. The van der Waals surface area contributed by atoms with Crippen LogP contribution in [-0.2, 0) is 6.42 Å². The molecule has 0 fully saturated rings. The van der Waals surface area contributed by atoms with Gasteiger partial charge in [0.2, 0.25) is 0 Å². The lowest BCUT2D eigenvalue weighted by Crippen LogP contribution is -2.13. The average molecular weight is 299 g/mol. The van der Waals surface area contributed by atoms with E-state index in [1.807, 2.05) is 13.1 Å². The van der Waals surface area contributed by atoms with Gasteiger partial charge in [-0.25, -0.2) is 8.78 Å². The van der Waals surface area contributed by atoms with E-state index < -0.39 is 20.7 Å². The Hall–Kier alpha value is -0.903. The van der Waals surface area contributed by atoms with Gasteiger partial charge in [-0.2, -0.15) is 0 Å².